The fraction of sp³-hybridized carbons (Fsp3) is 0.700. The summed E-state index contributed by atoms with van der Waals surface area (Å²) in [6, 6.07) is 0. The van der Waals surface area contributed by atoms with Crippen LogP contribution in [0.3, 0.4) is 0 Å². The molecule has 0 aromatic carbocycles. The normalized spacial score (nSPS) is 10.6. The topological polar surface area (TPSA) is 8.81 Å². The first kappa shape index (κ1) is 10.6. The van der Waals surface area contributed by atoms with E-state index >= 15 is 0 Å². The van der Waals surface area contributed by atoms with Crippen LogP contribution in [0.25, 0.3) is 0 Å². The summed E-state index contributed by atoms with van der Waals surface area (Å²) in [5, 5.41) is 0. The minimum Gasteiger partial charge on any atom is -0.240 e. The van der Waals surface area contributed by atoms with Crippen LogP contribution in [0.4, 0.5) is 0 Å². The van der Waals surface area contributed by atoms with E-state index in [4.69, 9.17) is 0 Å². The van der Waals surface area contributed by atoms with Gasteiger partial charge >= 0.3 is 0 Å². The number of unbranched alkanes of at least 4 members (excludes halogenated alkanes) is 1. The number of nitrogens with zero attached hydrogens (tertiary/aromatic N) is 2. The highest BCUT2D eigenvalue weighted by molar-refractivity contribution is 7.99. The van der Waals surface area contributed by atoms with Crippen LogP contribution < -0.4 is 4.57 Å². The maximum atomic E-state index is 2.25. The van der Waals surface area contributed by atoms with E-state index in [1.165, 1.54) is 24.3 Å². The zero-order valence-electron chi connectivity index (χ0n) is 8.57. The van der Waals surface area contributed by atoms with Gasteiger partial charge in [-0.2, -0.15) is 11.8 Å². The van der Waals surface area contributed by atoms with E-state index in [1.807, 2.05) is 11.8 Å². The van der Waals surface area contributed by atoms with Crippen molar-refractivity contribution in [3.05, 3.63) is 18.7 Å². The minimum atomic E-state index is 1.16. The number of imidazole rings is 1. The van der Waals surface area contributed by atoms with Crippen LogP contribution in [-0.4, -0.2) is 16.1 Å². The van der Waals surface area contributed by atoms with Gasteiger partial charge in [-0.3, -0.25) is 0 Å². The van der Waals surface area contributed by atoms with Crippen LogP contribution in [0.1, 0.15) is 19.8 Å². The van der Waals surface area contributed by atoms with Crippen molar-refractivity contribution in [1.29, 1.82) is 0 Å². The van der Waals surface area contributed by atoms with Crippen molar-refractivity contribution in [2.24, 2.45) is 7.05 Å². The zero-order chi connectivity index (χ0) is 9.52. The fourth-order valence-electron chi connectivity index (χ4n) is 1.28. The van der Waals surface area contributed by atoms with Gasteiger partial charge in [-0.05, 0) is 24.3 Å². The molecular weight excluding hydrogens is 180 g/mol. The first-order valence-corrected chi connectivity index (χ1v) is 6.07. The molecule has 0 saturated heterocycles. The molecule has 0 spiro atoms. The molecule has 0 atom stereocenters. The Morgan fingerprint density at radius 3 is 2.85 bits per heavy atom. The van der Waals surface area contributed by atoms with Crippen molar-refractivity contribution >= 4 is 11.8 Å². The van der Waals surface area contributed by atoms with E-state index in [9.17, 15) is 0 Å². The molecule has 0 bridgehead atoms. The predicted molar refractivity (Wildman–Crippen MR) is 57.8 cm³/mol. The Hall–Kier alpha value is -0.440. The molecule has 13 heavy (non-hydrogen) atoms. The lowest BCUT2D eigenvalue weighted by Gasteiger charge is -1.97. The first-order chi connectivity index (χ1) is 6.33. The lowest BCUT2D eigenvalue weighted by molar-refractivity contribution is -0.671. The van der Waals surface area contributed by atoms with Crippen LogP contribution in [0.15, 0.2) is 18.7 Å². The molecule has 0 N–H and O–H groups in total. The molecule has 0 amide bonds. The monoisotopic (exact) mass is 199 g/mol. The fourth-order valence-corrected chi connectivity index (χ4v) is 1.97. The Morgan fingerprint density at radius 1 is 1.38 bits per heavy atom. The highest BCUT2D eigenvalue weighted by Crippen LogP contribution is 2.04. The largest absolute Gasteiger partial charge is 0.243 e. The summed E-state index contributed by atoms with van der Waals surface area (Å²) in [6.07, 6.45) is 8.98. The average molecular weight is 199 g/mol. The molecule has 1 aromatic heterocycles. The van der Waals surface area contributed by atoms with E-state index < -0.39 is 0 Å². The molecule has 1 rings (SSSR count). The molecule has 3 heteroatoms. The van der Waals surface area contributed by atoms with E-state index in [1.54, 1.807) is 0 Å². The van der Waals surface area contributed by atoms with Gasteiger partial charge in [0.25, 0.3) is 0 Å². The first-order valence-electron chi connectivity index (χ1n) is 4.91. The van der Waals surface area contributed by atoms with Crippen LogP contribution in [0, 0.1) is 0 Å². The smallest absolute Gasteiger partial charge is 0.240 e. The van der Waals surface area contributed by atoms with Gasteiger partial charge < -0.3 is 0 Å². The Balaban J connectivity index is 2.06. The van der Waals surface area contributed by atoms with Crippen molar-refractivity contribution in [3.63, 3.8) is 0 Å². The average Bonchev–Trinajstić information content (AvgIpc) is 2.51. The van der Waals surface area contributed by atoms with Gasteiger partial charge in [0.2, 0.25) is 6.33 Å². The molecule has 74 valence electrons. The quantitative estimate of drug-likeness (QED) is 0.502. The highest BCUT2D eigenvalue weighted by atomic mass is 32.2. The molecule has 0 saturated carbocycles. The third kappa shape index (κ3) is 4.36. The lowest BCUT2D eigenvalue weighted by Crippen LogP contribution is -2.23. The Bertz CT molecular complexity index is 233. The van der Waals surface area contributed by atoms with Gasteiger partial charge in [-0.25, -0.2) is 9.13 Å². The van der Waals surface area contributed by atoms with Gasteiger partial charge in [0.1, 0.15) is 12.4 Å². The third-order valence-corrected chi connectivity index (χ3v) is 2.97. The summed E-state index contributed by atoms with van der Waals surface area (Å²) in [5.41, 5.74) is 0. The van der Waals surface area contributed by atoms with E-state index in [-0.39, 0.29) is 0 Å². The second-order valence-electron chi connectivity index (χ2n) is 3.22. The SMILES string of the molecule is CCSCCCCn1cc[n+](C)c1. The van der Waals surface area contributed by atoms with Crippen molar-refractivity contribution in [2.75, 3.05) is 11.5 Å². The Labute approximate surface area is 85.0 Å². The molecular formula is C10H19N2S+. The number of rotatable bonds is 6. The Morgan fingerprint density at radius 2 is 2.23 bits per heavy atom. The molecule has 0 aliphatic rings. The van der Waals surface area contributed by atoms with Gasteiger partial charge in [-0.1, -0.05) is 6.92 Å². The minimum absolute atomic E-state index is 1.16. The molecule has 0 radical (unpaired) electrons. The van der Waals surface area contributed by atoms with Gasteiger partial charge in [0.05, 0.1) is 13.6 Å². The maximum Gasteiger partial charge on any atom is 0.243 e. The van der Waals surface area contributed by atoms with Crippen molar-refractivity contribution in [2.45, 2.75) is 26.3 Å². The lowest BCUT2D eigenvalue weighted by atomic mass is 10.3. The maximum absolute atomic E-state index is 2.25. The molecule has 0 aliphatic carbocycles. The summed E-state index contributed by atoms with van der Waals surface area (Å²) < 4.78 is 4.33. The molecule has 2 nitrogen and oxygen atoms in total. The van der Waals surface area contributed by atoms with Gasteiger partial charge in [0.15, 0.2) is 0 Å². The third-order valence-electron chi connectivity index (χ3n) is 1.98. The van der Waals surface area contributed by atoms with Crippen molar-refractivity contribution in [1.82, 2.24) is 4.57 Å². The number of thioether (sulfide) groups is 1. The number of aromatic nitrogens is 2. The molecule has 0 fully saturated rings. The van der Waals surface area contributed by atoms with Crippen molar-refractivity contribution < 1.29 is 4.57 Å². The Kier molecular flexibility index (Phi) is 4.98. The highest BCUT2D eigenvalue weighted by Gasteiger charge is 1.98. The van der Waals surface area contributed by atoms with Crippen LogP contribution in [0.5, 0.6) is 0 Å². The van der Waals surface area contributed by atoms with E-state index in [2.05, 4.69) is 41.8 Å². The van der Waals surface area contributed by atoms with Crippen LogP contribution in [0.2, 0.25) is 0 Å². The molecule has 0 unspecified atom stereocenters. The van der Waals surface area contributed by atoms with Crippen LogP contribution >= 0.6 is 11.8 Å². The number of hydrogen-bond donors (Lipinski definition) is 0. The molecule has 0 aliphatic heterocycles. The summed E-state index contributed by atoms with van der Waals surface area (Å²) in [5.74, 6) is 2.56. The van der Waals surface area contributed by atoms with E-state index in [0.29, 0.717) is 0 Å². The van der Waals surface area contributed by atoms with Crippen LogP contribution in [-0.2, 0) is 13.6 Å². The molecule has 1 aromatic rings. The summed E-state index contributed by atoms with van der Waals surface area (Å²) >= 11 is 2.03. The second-order valence-corrected chi connectivity index (χ2v) is 4.61. The summed E-state index contributed by atoms with van der Waals surface area (Å²) in [7, 11) is 2.06. The van der Waals surface area contributed by atoms with Gasteiger partial charge in [-0.15, -0.1) is 0 Å². The van der Waals surface area contributed by atoms with Crippen molar-refractivity contribution in [3.8, 4) is 0 Å². The van der Waals surface area contributed by atoms with E-state index in [0.717, 1.165) is 6.54 Å². The molecule has 1 heterocycles. The number of aryl methyl sites for hydroxylation is 2. The standard InChI is InChI=1S/C10H19N2S/c1-3-13-9-5-4-6-12-8-7-11(2)10-12/h7-8,10H,3-6,9H2,1-2H3/q+1. The van der Waals surface area contributed by atoms with Gasteiger partial charge in [0, 0.05) is 0 Å². The number of hydrogen-bond acceptors (Lipinski definition) is 1. The zero-order valence-corrected chi connectivity index (χ0v) is 9.39. The summed E-state index contributed by atoms with van der Waals surface area (Å²) in [4.78, 5) is 0. The summed E-state index contributed by atoms with van der Waals surface area (Å²) in [6.45, 7) is 3.38. The predicted octanol–water partition coefficient (Wildman–Crippen LogP) is 1.85. The second kappa shape index (κ2) is 6.08.